The highest BCUT2D eigenvalue weighted by Gasteiger charge is 2.13. The van der Waals surface area contributed by atoms with E-state index in [-0.39, 0.29) is 18.4 Å². The van der Waals surface area contributed by atoms with Crippen LogP contribution in [-0.4, -0.2) is 24.9 Å². The number of hydrogen-bond acceptors (Lipinski definition) is 3. The van der Waals surface area contributed by atoms with E-state index in [0.29, 0.717) is 12.2 Å². The summed E-state index contributed by atoms with van der Waals surface area (Å²) in [7, 11) is 0. The molecular weight excluding hydrogens is 302 g/mol. The molecule has 2 aromatic carbocycles. The molecule has 2 N–H and O–H groups in total. The summed E-state index contributed by atoms with van der Waals surface area (Å²) < 4.78 is 0. The summed E-state index contributed by atoms with van der Waals surface area (Å²) in [5, 5.41) is 5.84. The van der Waals surface area contributed by atoms with Crippen molar-refractivity contribution in [3.05, 3.63) is 54.1 Å². The van der Waals surface area contributed by atoms with Gasteiger partial charge in [0, 0.05) is 30.5 Å². The fraction of sp³-hybridized carbons (Fsp3) is 0.263. The standard InChI is InChI=1S/C19H23N3O2/c1-4-22(18-10-5-7-14(2)11-18)19(24)13-20-16-8-6-9-17(12-16)21-15(3)23/h5-12,20H,4,13H2,1-3H3,(H,21,23). The first-order chi connectivity index (χ1) is 11.5. The second-order valence-corrected chi connectivity index (χ2v) is 5.59. The van der Waals surface area contributed by atoms with Crippen molar-refractivity contribution in [3.8, 4) is 0 Å². The smallest absolute Gasteiger partial charge is 0.246 e. The third kappa shape index (κ3) is 4.84. The molecule has 0 saturated heterocycles. The molecule has 126 valence electrons. The van der Waals surface area contributed by atoms with E-state index in [9.17, 15) is 9.59 Å². The lowest BCUT2D eigenvalue weighted by Crippen LogP contribution is -2.35. The number of hydrogen-bond donors (Lipinski definition) is 2. The Kier molecular flexibility index (Phi) is 5.95. The Morgan fingerprint density at radius 3 is 2.42 bits per heavy atom. The number of carbonyl (C=O) groups excluding carboxylic acids is 2. The Labute approximate surface area is 142 Å². The molecule has 0 unspecified atom stereocenters. The predicted molar refractivity (Wildman–Crippen MR) is 98.4 cm³/mol. The molecule has 0 aliphatic heterocycles. The number of anilines is 3. The van der Waals surface area contributed by atoms with Gasteiger partial charge in [-0.25, -0.2) is 0 Å². The van der Waals surface area contributed by atoms with Crippen molar-refractivity contribution in [1.29, 1.82) is 0 Å². The van der Waals surface area contributed by atoms with Crippen molar-refractivity contribution >= 4 is 28.9 Å². The molecule has 5 heteroatoms. The molecule has 0 aliphatic carbocycles. The zero-order valence-electron chi connectivity index (χ0n) is 14.3. The summed E-state index contributed by atoms with van der Waals surface area (Å²) >= 11 is 0. The molecule has 2 amide bonds. The van der Waals surface area contributed by atoms with Gasteiger partial charge >= 0.3 is 0 Å². The van der Waals surface area contributed by atoms with Gasteiger partial charge in [-0.15, -0.1) is 0 Å². The summed E-state index contributed by atoms with van der Waals surface area (Å²) in [6, 6.07) is 15.2. The number of benzene rings is 2. The average Bonchev–Trinajstić information content (AvgIpc) is 2.53. The van der Waals surface area contributed by atoms with Crippen molar-refractivity contribution in [2.45, 2.75) is 20.8 Å². The molecule has 0 bridgehead atoms. The Balaban J connectivity index is 2.02. The number of amides is 2. The van der Waals surface area contributed by atoms with Crippen molar-refractivity contribution < 1.29 is 9.59 Å². The van der Waals surface area contributed by atoms with Gasteiger partial charge in [-0.3, -0.25) is 9.59 Å². The largest absolute Gasteiger partial charge is 0.376 e. The minimum atomic E-state index is -0.125. The van der Waals surface area contributed by atoms with E-state index in [4.69, 9.17) is 0 Å². The monoisotopic (exact) mass is 325 g/mol. The Morgan fingerprint density at radius 2 is 1.75 bits per heavy atom. The predicted octanol–water partition coefficient (Wildman–Crippen LogP) is 3.42. The third-order valence-corrected chi connectivity index (χ3v) is 3.56. The van der Waals surface area contributed by atoms with Crippen LogP contribution in [-0.2, 0) is 9.59 Å². The summed E-state index contributed by atoms with van der Waals surface area (Å²) in [5.41, 5.74) is 3.51. The van der Waals surface area contributed by atoms with Crippen LogP contribution >= 0.6 is 0 Å². The van der Waals surface area contributed by atoms with Crippen LogP contribution < -0.4 is 15.5 Å². The van der Waals surface area contributed by atoms with Crippen molar-refractivity contribution in [2.24, 2.45) is 0 Å². The van der Waals surface area contributed by atoms with Crippen LogP contribution in [0.3, 0.4) is 0 Å². The van der Waals surface area contributed by atoms with E-state index >= 15 is 0 Å². The number of nitrogens with zero attached hydrogens (tertiary/aromatic N) is 1. The lowest BCUT2D eigenvalue weighted by molar-refractivity contribution is -0.117. The second-order valence-electron chi connectivity index (χ2n) is 5.59. The molecule has 0 aromatic heterocycles. The zero-order valence-corrected chi connectivity index (χ0v) is 14.3. The molecular formula is C19H23N3O2. The SMILES string of the molecule is CCN(C(=O)CNc1cccc(NC(C)=O)c1)c1cccc(C)c1. The highest BCUT2D eigenvalue weighted by atomic mass is 16.2. The highest BCUT2D eigenvalue weighted by molar-refractivity contribution is 5.96. The van der Waals surface area contributed by atoms with Crippen LogP contribution in [0.2, 0.25) is 0 Å². The minimum absolute atomic E-state index is 0.00645. The van der Waals surface area contributed by atoms with Crippen LogP contribution in [0.15, 0.2) is 48.5 Å². The third-order valence-electron chi connectivity index (χ3n) is 3.56. The first-order valence-electron chi connectivity index (χ1n) is 7.98. The molecule has 5 nitrogen and oxygen atoms in total. The van der Waals surface area contributed by atoms with Crippen LogP contribution in [0, 0.1) is 6.92 Å². The van der Waals surface area contributed by atoms with Crippen molar-refractivity contribution in [2.75, 3.05) is 28.6 Å². The average molecular weight is 325 g/mol. The first kappa shape index (κ1) is 17.5. The summed E-state index contributed by atoms with van der Waals surface area (Å²) in [4.78, 5) is 25.4. The van der Waals surface area contributed by atoms with Gasteiger partial charge in [-0.2, -0.15) is 0 Å². The van der Waals surface area contributed by atoms with Gasteiger partial charge in [0.15, 0.2) is 0 Å². The molecule has 24 heavy (non-hydrogen) atoms. The van der Waals surface area contributed by atoms with Gasteiger partial charge in [0.1, 0.15) is 0 Å². The number of likely N-dealkylation sites (N-methyl/N-ethyl adjacent to an activating group) is 1. The van der Waals surface area contributed by atoms with Gasteiger partial charge in [0.25, 0.3) is 0 Å². The van der Waals surface area contributed by atoms with Crippen molar-refractivity contribution in [3.63, 3.8) is 0 Å². The van der Waals surface area contributed by atoms with E-state index in [2.05, 4.69) is 10.6 Å². The van der Waals surface area contributed by atoms with Gasteiger partial charge in [0.05, 0.1) is 6.54 Å². The normalized spacial score (nSPS) is 10.1. The molecule has 2 aromatic rings. The lowest BCUT2D eigenvalue weighted by atomic mass is 10.2. The molecule has 0 radical (unpaired) electrons. The van der Waals surface area contributed by atoms with Crippen LogP contribution in [0.25, 0.3) is 0 Å². The number of carbonyl (C=O) groups is 2. The van der Waals surface area contributed by atoms with Gasteiger partial charge in [0.2, 0.25) is 11.8 Å². The fourth-order valence-electron chi connectivity index (χ4n) is 2.48. The first-order valence-corrected chi connectivity index (χ1v) is 7.98. The fourth-order valence-corrected chi connectivity index (χ4v) is 2.48. The molecule has 2 rings (SSSR count). The van der Waals surface area contributed by atoms with E-state index in [1.165, 1.54) is 6.92 Å². The lowest BCUT2D eigenvalue weighted by Gasteiger charge is -2.22. The second kappa shape index (κ2) is 8.15. The van der Waals surface area contributed by atoms with Gasteiger partial charge in [-0.1, -0.05) is 18.2 Å². The van der Waals surface area contributed by atoms with E-state index in [1.54, 1.807) is 17.0 Å². The number of aryl methyl sites for hydroxylation is 1. The summed E-state index contributed by atoms with van der Waals surface area (Å²) in [6.45, 7) is 6.22. The number of nitrogens with one attached hydrogen (secondary N) is 2. The minimum Gasteiger partial charge on any atom is -0.376 e. The molecule has 0 heterocycles. The van der Waals surface area contributed by atoms with E-state index < -0.39 is 0 Å². The van der Waals surface area contributed by atoms with Gasteiger partial charge < -0.3 is 15.5 Å². The maximum Gasteiger partial charge on any atom is 0.246 e. The molecule has 0 saturated carbocycles. The molecule has 0 aliphatic rings. The van der Waals surface area contributed by atoms with E-state index in [1.807, 2.05) is 50.2 Å². The summed E-state index contributed by atoms with van der Waals surface area (Å²) in [6.07, 6.45) is 0. The maximum atomic E-state index is 12.5. The van der Waals surface area contributed by atoms with Crippen molar-refractivity contribution in [1.82, 2.24) is 0 Å². The van der Waals surface area contributed by atoms with Crippen LogP contribution in [0.5, 0.6) is 0 Å². The Hall–Kier alpha value is -2.82. The zero-order chi connectivity index (χ0) is 17.5. The Bertz CT molecular complexity index is 728. The molecule has 0 spiro atoms. The summed E-state index contributed by atoms with van der Waals surface area (Å²) in [5.74, 6) is -0.132. The van der Waals surface area contributed by atoms with E-state index in [0.717, 1.165) is 16.9 Å². The quantitative estimate of drug-likeness (QED) is 0.855. The topological polar surface area (TPSA) is 61.4 Å². The molecule has 0 fully saturated rings. The highest BCUT2D eigenvalue weighted by Crippen LogP contribution is 2.17. The number of rotatable bonds is 6. The molecule has 0 atom stereocenters. The Morgan fingerprint density at radius 1 is 1.04 bits per heavy atom. The van der Waals surface area contributed by atoms with Crippen LogP contribution in [0.4, 0.5) is 17.1 Å². The van der Waals surface area contributed by atoms with Gasteiger partial charge in [-0.05, 0) is 49.7 Å². The maximum absolute atomic E-state index is 12.5. The van der Waals surface area contributed by atoms with Crippen LogP contribution in [0.1, 0.15) is 19.4 Å².